The molecule has 0 radical (unpaired) electrons. The number of rotatable bonds is 12. The molecule has 0 bridgehead atoms. The molecule has 0 unspecified atom stereocenters. The third-order valence-electron chi connectivity index (χ3n) is 12.6. The molecule has 4 aliphatic carbocycles. The molecule has 4 aliphatic rings. The largest absolute Gasteiger partial charge is 0.534 e. The number of halogens is 3. The number of hydrogen-bond donors (Lipinski definition) is 0. The first-order valence-electron chi connectivity index (χ1n) is 18.3. The Balaban J connectivity index is 1.58. The van der Waals surface area contributed by atoms with E-state index in [2.05, 4.69) is 27.7 Å². The van der Waals surface area contributed by atoms with Crippen LogP contribution in [0.25, 0.3) is 0 Å². The van der Waals surface area contributed by atoms with Gasteiger partial charge in [0.15, 0.2) is 0 Å². The van der Waals surface area contributed by atoms with Crippen molar-refractivity contribution in [3.8, 4) is 0 Å². The van der Waals surface area contributed by atoms with Crippen molar-refractivity contribution in [1.29, 1.82) is 0 Å². The van der Waals surface area contributed by atoms with Gasteiger partial charge in [0.1, 0.15) is 11.9 Å². The molecule has 5 rings (SSSR count). The molecule has 11 heteroatoms. The van der Waals surface area contributed by atoms with Crippen LogP contribution < -0.4 is 0 Å². The predicted molar refractivity (Wildman–Crippen MR) is 184 cm³/mol. The molecule has 7 atom stereocenters. The molecule has 0 heterocycles. The van der Waals surface area contributed by atoms with Crippen LogP contribution in [0.3, 0.4) is 0 Å². The Morgan fingerprint density at radius 3 is 2.32 bits per heavy atom. The fourth-order valence-electron chi connectivity index (χ4n) is 10.0. The van der Waals surface area contributed by atoms with Gasteiger partial charge in [0.25, 0.3) is 0 Å². The minimum Gasteiger partial charge on any atom is -0.466 e. The molecule has 50 heavy (non-hydrogen) atoms. The molecule has 0 N–H and O–H groups in total. The summed E-state index contributed by atoms with van der Waals surface area (Å²) in [6, 6.07) is 8.87. The molecule has 278 valence electrons. The molecular weight excluding hydrogens is 669 g/mol. The molecule has 0 aliphatic heterocycles. The number of alkyl halides is 3. The maximum atomic E-state index is 14.0. The lowest BCUT2D eigenvalue weighted by Crippen LogP contribution is -2.53. The van der Waals surface area contributed by atoms with Gasteiger partial charge in [0, 0.05) is 0 Å². The SMILES string of the molecule is CCOC(=O)C[C@@]12C(OS(=O)(=O)C(F)(F)F)=C[C@H]([C@H](C)CCCC(C)C)[C@@]1(C)CCC1=C2CC[C@H]2C[C@@H](OC(=O)c3ccccc3)CC[C@]12C. The first-order valence-corrected chi connectivity index (χ1v) is 19.7. The van der Waals surface area contributed by atoms with E-state index in [1.54, 1.807) is 37.3 Å². The van der Waals surface area contributed by atoms with Crippen LogP contribution in [0, 0.1) is 39.9 Å². The topological polar surface area (TPSA) is 96.0 Å². The number of carbonyl (C=O) groups excluding carboxylic acids is 2. The summed E-state index contributed by atoms with van der Waals surface area (Å²) in [5, 5.41) is 0. The Labute approximate surface area is 295 Å². The van der Waals surface area contributed by atoms with Gasteiger partial charge in [-0.15, -0.1) is 0 Å². The lowest BCUT2D eigenvalue weighted by molar-refractivity contribution is -0.148. The first-order chi connectivity index (χ1) is 23.4. The van der Waals surface area contributed by atoms with Crippen molar-refractivity contribution in [2.45, 2.75) is 124 Å². The second-order valence-electron chi connectivity index (χ2n) is 15.9. The number of carbonyl (C=O) groups is 2. The highest BCUT2D eigenvalue weighted by atomic mass is 32.2. The lowest BCUT2D eigenvalue weighted by Gasteiger charge is -2.59. The van der Waals surface area contributed by atoms with Gasteiger partial charge in [-0.05, 0) is 105 Å². The second kappa shape index (κ2) is 14.3. The van der Waals surface area contributed by atoms with Crippen LogP contribution in [0.5, 0.6) is 0 Å². The highest BCUT2D eigenvalue weighted by Gasteiger charge is 2.68. The minimum absolute atomic E-state index is 0.00109. The summed E-state index contributed by atoms with van der Waals surface area (Å²) < 4.78 is 84.2. The Morgan fingerprint density at radius 2 is 1.68 bits per heavy atom. The van der Waals surface area contributed by atoms with E-state index in [0.29, 0.717) is 56.4 Å². The average Bonchev–Trinajstić information content (AvgIpc) is 3.28. The normalized spacial score (nSPS) is 31.6. The minimum atomic E-state index is -6.03. The third kappa shape index (κ3) is 6.88. The van der Waals surface area contributed by atoms with Crippen LogP contribution in [-0.2, 0) is 28.6 Å². The van der Waals surface area contributed by atoms with Gasteiger partial charge in [-0.2, -0.15) is 21.6 Å². The highest BCUT2D eigenvalue weighted by Crippen LogP contribution is 2.73. The van der Waals surface area contributed by atoms with Crippen LogP contribution in [0.15, 0.2) is 53.3 Å². The molecule has 1 fully saturated rings. The highest BCUT2D eigenvalue weighted by molar-refractivity contribution is 7.87. The van der Waals surface area contributed by atoms with Gasteiger partial charge < -0.3 is 13.7 Å². The molecule has 0 spiro atoms. The molecule has 7 nitrogen and oxygen atoms in total. The summed E-state index contributed by atoms with van der Waals surface area (Å²) in [6.45, 7) is 12.3. The molecule has 0 saturated heterocycles. The fourth-order valence-corrected chi connectivity index (χ4v) is 10.6. The maximum Gasteiger partial charge on any atom is 0.534 e. The van der Waals surface area contributed by atoms with Crippen LogP contribution in [0.4, 0.5) is 13.2 Å². The van der Waals surface area contributed by atoms with Crippen LogP contribution in [0.1, 0.15) is 123 Å². The summed E-state index contributed by atoms with van der Waals surface area (Å²) in [6.07, 6.45) is 8.05. The monoisotopic (exact) mass is 722 g/mol. The van der Waals surface area contributed by atoms with E-state index >= 15 is 0 Å². The second-order valence-corrected chi connectivity index (χ2v) is 17.5. The molecule has 0 aromatic heterocycles. The van der Waals surface area contributed by atoms with E-state index in [1.807, 2.05) is 13.0 Å². The van der Waals surface area contributed by atoms with E-state index in [4.69, 9.17) is 13.7 Å². The standard InChI is InChI=1S/C39H53F3O7S/c1-7-47-34(43)24-38-31-17-16-28-22-29(48-35(44)27-14-9-8-10-15-27)18-20-36(28,5)30(31)19-21-37(38,6)32(26(4)13-11-12-25(2)3)23-33(38)49-50(45,46)39(40,41)42/h8-10,14-15,23,25-26,28-29,32H,7,11-13,16-22,24H2,1-6H3/t26-,28+,29+,32-,36+,37-,38-/m1/s1. The summed E-state index contributed by atoms with van der Waals surface area (Å²) in [4.78, 5) is 26.5. The van der Waals surface area contributed by atoms with Crippen molar-refractivity contribution in [3.05, 3.63) is 58.9 Å². The van der Waals surface area contributed by atoms with Gasteiger partial charge in [-0.3, -0.25) is 4.79 Å². The van der Waals surface area contributed by atoms with E-state index in [0.717, 1.165) is 30.4 Å². The molecular formula is C39H53F3O7S. The van der Waals surface area contributed by atoms with E-state index in [9.17, 15) is 31.2 Å². The summed E-state index contributed by atoms with van der Waals surface area (Å²) in [5.74, 6) is -0.949. The quantitative estimate of drug-likeness (QED) is 0.0918. The zero-order valence-electron chi connectivity index (χ0n) is 30.2. The van der Waals surface area contributed by atoms with Crippen molar-refractivity contribution in [1.82, 2.24) is 0 Å². The summed E-state index contributed by atoms with van der Waals surface area (Å²) >= 11 is 0. The number of allylic oxidation sites excluding steroid dienone is 3. The number of hydrogen-bond acceptors (Lipinski definition) is 7. The van der Waals surface area contributed by atoms with Gasteiger partial charge in [0.05, 0.1) is 24.0 Å². The van der Waals surface area contributed by atoms with Gasteiger partial charge in [-0.25, -0.2) is 4.79 Å². The number of ether oxygens (including phenoxy) is 2. The van der Waals surface area contributed by atoms with E-state index in [-0.39, 0.29) is 54.0 Å². The van der Waals surface area contributed by atoms with E-state index in [1.165, 1.54) is 0 Å². The van der Waals surface area contributed by atoms with Gasteiger partial charge in [-0.1, -0.05) is 83.2 Å². The number of esters is 2. The smallest absolute Gasteiger partial charge is 0.466 e. The van der Waals surface area contributed by atoms with E-state index < -0.39 is 32.4 Å². The first kappa shape index (κ1) is 38.4. The number of fused-ring (bicyclic) bond motifs is 4. The van der Waals surface area contributed by atoms with Crippen LogP contribution in [0.2, 0.25) is 0 Å². The van der Waals surface area contributed by atoms with Crippen molar-refractivity contribution in [2.24, 2.45) is 39.9 Å². The third-order valence-corrected chi connectivity index (χ3v) is 13.6. The maximum absolute atomic E-state index is 14.0. The molecule has 1 aromatic carbocycles. The molecule has 1 saturated carbocycles. The summed E-state index contributed by atoms with van der Waals surface area (Å²) in [5.41, 5.74) is -5.83. The Kier molecular flexibility index (Phi) is 11.0. The van der Waals surface area contributed by atoms with Gasteiger partial charge in [0.2, 0.25) is 0 Å². The number of benzene rings is 1. The lowest BCUT2D eigenvalue weighted by atomic mass is 9.44. The summed E-state index contributed by atoms with van der Waals surface area (Å²) in [7, 11) is -6.03. The average molecular weight is 723 g/mol. The van der Waals surface area contributed by atoms with Crippen molar-refractivity contribution in [3.63, 3.8) is 0 Å². The van der Waals surface area contributed by atoms with Crippen LogP contribution in [-0.4, -0.2) is 38.6 Å². The molecule has 0 amide bonds. The zero-order chi connectivity index (χ0) is 36.7. The fraction of sp³-hybridized carbons (Fsp3) is 0.692. The van der Waals surface area contributed by atoms with Crippen LogP contribution >= 0.6 is 0 Å². The molecule has 1 aromatic rings. The van der Waals surface area contributed by atoms with Gasteiger partial charge >= 0.3 is 27.6 Å². The Bertz CT molecular complexity index is 1600. The van der Waals surface area contributed by atoms with Crippen molar-refractivity contribution in [2.75, 3.05) is 6.61 Å². The van der Waals surface area contributed by atoms with Crippen molar-refractivity contribution >= 4 is 22.1 Å². The van der Waals surface area contributed by atoms with Crippen molar-refractivity contribution < 1.29 is 44.8 Å². The Hall–Kier alpha value is -2.82. The Morgan fingerprint density at radius 1 is 0.980 bits per heavy atom. The zero-order valence-corrected chi connectivity index (χ0v) is 31.1. The predicted octanol–water partition coefficient (Wildman–Crippen LogP) is 9.69.